The molecule has 1 atom stereocenters. The minimum atomic E-state index is 0.284. The smallest absolute Gasteiger partial charge is 0.231 e. The topological polar surface area (TPSA) is 69.2 Å². The predicted octanol–water partition coefficient (Wildman–Crippen LogP) is 5.81. The van der Waals surface area contributed by atoms with Crippen LogP contribution in [0.25, 0.3) is 0 Å². The van der Waals surface area contributed by atoms with Crippen LogP contribution in [0.3, 0.4) is 0 Å². The molecular weight excluding hydrogens is 406 g/mol. The fourth-order valence-corrected chi connectivity index (χ4v) is 5.06. The number of nitrogens with two attached hydrogens (primary N) is 1. The van der Waals surface area contributed by atoms with Crippen LogP contribution in [0.15, 0.2) is 61.7 Å². The SMILES string of the molecule is CCc1cc2c(cc1SC1=NC3=C(C)CC(CC)C=NC3=CC(CCCN)=C1)OCO2. The van der Waals surface area contributed by atoms with Gasteiger partial charge in [0.25, 0.3) is 0 Å². The van der Waals surface area contributed by atoms with Crippen LogP contribution < -0.4 is 15.2 Å². The van der Waals surface area contributed by atoms with Crippen molar-refractivity contribution in [2.45, 2.75) is 57.8 Å². The van der Waals surface area contributed by atoms with E-state index in [1.165, 1.54) is 16.7 Å². The molecule has 3 aliphatic rings. The number of benzene rings is 1. The van der Waals surface area contributed by atoms with Crippen LogP contribution >= 0.6 is 11.8 Å². The number of aliphatic imine (C=N–C) groups is 2. The number of aryl methyl sites for hydroxylation is 1. The lowest BCUT2D eigenvalue weighted by Gasteiger charge is -2.11. The van der Waals surface area contributed by atoms with Gasteiger partial charge in [-0.05, 0) is 92.5 Å². The zero-order chi connectivity index (χ0) is 21.8. The van der Waals surface area contributed by atoms with Crippen molar-refractivity contribution in [3.05, 3.63) is 52.4 Å². The van der Waals surface area contributed by atoms with E-state index < -0.39 is 0 Å². The number of nitrogens with zero attached hydrogens (tertiary/aromatic N) is 2. The first-order chi connectivity index (χ1) is 15.1. The van der Waals surface area contributed by atoms with Crippen molar-refractivity contribution in [1.29, 1.82) is 0 Å². The van der Waals surface area contributed by atoms with Crippen LogP contribution in [-0.2, 0) is 6.42 Å². The van der Waals surface area contributed by atoms with Gasteiger partial charge in [-0.1, -0.05) is 25.6 Å². The van der Waals surface area contributed by atoms with E-state index in [4.69, 9.17) is 25.2 Å². The van der Waals surface area contributed by atoms with E-state index in [2.05, 4.69) is 51.3 Å². The first-order valence-corrected chi connectivity index (χ1v) is 12.0. The van der Waals surface area contributed by atoms with E-state index in [1.54, 1.807) is 11.8 Å². The van der Waals surface area contributed by atoms with E-state index in [1.807, 2.05) is 0 Å². The van der Waals surface area contributed by atoms with Crippen LogP contribution in [0.2, 0.25) is 0 Å². The minimum absolute atomic E-state index is 0.284. The first-order valence-electron chi connectivity index (χ1n) is 11.2. The summed E-state index contributed by atoms with van der Waals surface area (Å²) in [6.45, 7) is 7.52. The van der Waals surface area contributed by atoms with E-state index in [0.29, 0.717) is 12.5 Å². The van der Waals surface area contributed by atoms with Crippen molar-refractivity contribution in [3.63, 3.8) is 0 Å². The Hall–Kier alpha value is -2.31. The fourth-order valence-electron chi connectivity index (χ4n) is 3.99. The number of ether oxygens (including phenoxy) is 2. The molecule has 1 aromatic carbocycles. The van der Waals surface area contributed by atoms with Crippen molar-refractivity contribution >= 4 is 23.0 Å². The second-order valence-electron chi connectivity index (χ2n) is 8.14. The third-order valence-corrected chi connectivity index (χ3v) is 6.86. The number of hydrogen-bond donors (Lipinski definition) is 1. The van der Waals surface area contributed by atoms with Crippen molar-refractivity contribution in [2.75, 3.05) is 13.3 Å². The van der Waals surface area contributed by atoms with Gasteiger partial charge in [-0.3, -0.25) is 4.99 Å². The van der Waals surface area contributed by atoms with Gasteiger partial charge >= 0.3 is 0 Å². The summed E-state index contributed by atoms with van der Waals surface area (Å²) in [5, 5.41) is 0.978. The summed E-state index contributed by atoms with van der Waals surface area (Å²) in [6, 6.07) is 4.18. The highest BCUT2D eigenvalue weighted by Gasteiger charge is 2.21. The quantitative estimate of drug-likeness (QED) is 0.610. The number of allylic oxidation sites excluding steroid dienone is 3. The first kappa shape index (κ1) is 21.9. The third kappa shape index (κ3) is 4.96. The summed E-state index contributed by atoms with van der Waals surface area (Å²) < 4.78 is 11.2. The second kappa shape index (κ2) is 9.88. The molecule has 0 spiro atoms. The molecule has 0 aromatic heterocycles. The molecule has 4 rings (SSSR count). The van der Waals surface area contributed by atoms with Crippen molar-refractivity contribution in [3.8, 4) is 11.5 Å². The molecule has 5 nitrogen and oxygen atoms in total. The molecule has 0 saturated heterocycles. The third-order valence-electron chi connectivity index (χ3n) is 5.84. The summed E-state index contributed by atoms with van der Waals surface area (Å²) in [7, 11) is 0. The Kier molecular flexibility index (Phi) is 6.98. The van der Waals surface area contributed by atoms with E-state index in [0.717, 1.165) is 64.9 Å². The zero-order valence-corrected chi connectivity index (χ0v) is 19.4. The van der Waals surface area contributed by atoms with E-state index >= 15 is 0 Å². The van der Waals surface area contributed by atoms with Gasteiger partial charge in [-0.2, -0.15) is 0 Å². The molecule has 164 valence electrons. The van der Waals surface area contributed by atoms with Gasteiger partial charge in [0.1, 0.15) is 5.04 Å². The molecule has 1 unspecified atom stereocenters. The van der Waals surface area contributed by atoms with Crippen LogP contribution in [0.1, 0.15) is 52.0 Å². The Balaban J connectivity index is 1.74. The normalized spacial score (nSPS) is 20.0. The van der Waals surface area contributed by atoms with E-state index in [-0.39, 0.29) is 6.79 Å². The lowest BCUT2D eigenvalue weighted by molar-refractivity contribution is 0.174. The van der Waals surface area contributed by atoms with Gasteiger partial charge in [0, 0.05) is 11.1 Å². The van der Waals surface area contributed by atoms with Gasteiger partial charge in [0.2, 0.25) is 6.79 Å². The molecule has 0 saturated carbocycles. The lowest BCUT2D eigenvalue weighted by Crippen LogP contribution is -2.00. The van der Waals surface area contributed by atoms with Crippen LogP contribution in [0.4, 0.5) is 0 Å². The van der Waals surface area contributed by atoms with Gasteiger partial charge in [0.05, 0.1) is 11.4 Å². The summed E-state index contributed by atoms with van der Waals surface area (Å²) in [5.41, 5.74) is 11.5. The van der Waals surface area contributed by atoms with Gasteiger partial charge in [-0.25, -0.2) is 4.99 Å². The minimum Gasteiger partial charge on any atom is -0.454 e. The van der Waals surface area contributed by atoms with Crippen molar-refractivity contribution < 1.29 is 9.47 Å². The standard InChI is InChI=1S/C25H31N3O2S/c1-4-17-9-16(3)25-20(27-14-17)10-18(7-6-8-26)11-24(28-25)31-23-13-22-21(29-15-30-22)12-19(23)5-2/h10-14,17H,4-9,15,26H2,1-3H3. The monoisotopic (exact) mass is 437 g/mol. The Bertz CT molecular complexity index is 1000. The van der Waals surface area contributed by atoms with Gasteiger partial charge in [-0.15, -0.1) is 0 Å². The lowest BCUT2D eigenvalue weighted by atomic mass is 9.98. The summed E-state index contributed by atoms with van der Waals surface area (Å²) >= 11 is 1.69. The maximum absolute atomic E-state index is 5.80. The number of thioether (sulfide) groups is 1. The Morgan fingerprint density at radius 3 is 2.71 bits per heavy atom. The van der Waals surface area contributed by atoms with Crippen LogP contribution in [0.5, 0.6) is 11.5 Å². The Labute approximate surface area is 189 Å². The highest BCUT2D eigenvalue weighted by atomic mass is 32.2. The molecule has 0 fully saturated rings. The van der Waals surface area contributed by atoms with Crippen molar-refractivity contribution in [2.24, 2.45) is 21.6 Å². The zero-order valence-electron chi connectivity index (χ0n) is 18.6. The number of fused-ring (bicyclic) bond motifs is 2. The maximum Gasteiger partial charge on any atom is 0.231 e. The largest absolute Gasteiger partial charge is 0.454 e. The number of hydrogen-bond acceptors (Lipinski definition) is 6. The van der Waals surface area contributed by atoms with Crippen molar-refractivity contribution in [1.82, 2.24) is 0 Å². The maximum atomic E-state index is 5.80. The predicted molar refractivity (Wildman–Crippen MR) is 129 cm³/mol. The molecule has 6 heteroatoms. The summed E-state index contributed by atoms with van der Waals surface area (Å²) in [5.74, 6) is 2.10. The Morgan fingerprint density at radius 2 is 1.97 bits per heavy atom. The molecule has 0 bridgehead atoms. The molecule has 1 aromatic rings. The molecule has 0 aliphatic carbocycles. The van der Waals surface area contributed by atoms with Crippen LogP contribution in [-0.4, -0.2) is 24.6 Å². The number of rotatable bonds is 6. The van der Waals surface area contributed by atoms with Gasteiger partial charge in [0.15, 0.2) is 11.5 Å². The summed E-state index contributed by atoms with van der Waals surface area (Å²) in [4.78, 5) is 11.1. The molecular formula is C25H31N3O2S. The van der Waals surface area contributed by atoms with Gasteiger partial charge < -0.3 is 15.2 Å². The van der Waals surface area contributed by atoms with Crippen LogP contribution in [0, 0.1) is 5.92 Å². The Morgan fingerprint density at radius 1 is 1.16 bits per heavy atom. The molecule has 0 radical (unpaired) electrons. The molecule has 3 aliphatic heterocycles. The fraction of sp³-hybridized carbons (Fsp3) is 0.440. The highest BCUT2D eigenvalue weighted by molar-refractivity contribution is 8.14. The average Bonchev–Trinajstić information content (AvgIpc) is 3.08. The molecule has 31 heavy (non-hydrogen) atoms. The van der Waals surface area contributed by atoms with E-state index in [9.17, 15) is 0 Å². The second-order valence-corrected chi connectivity index (χ2v) is 9.20. The summed E-state index contributed by atoms with van der Waals surface area (Å²) in [6.07, 6.45) is 11.3. The molecule has 0 amide bonds. The molecule has 3 heterocycles. The molecule has 2 N–H and O–H groups in total. The average molecular weight is 438 g/mol. The highest BCUT2D eigenvalue weighted by Crippen LogP contribution is 2.40.